The Morgan fingerprint density at radius 1 is 1.34 bits per heavy atom. The summed E-state index contributed by atoms with van der Waals surface area (Å²) in [5.74, 6) is 2.07. The maximum absolute atomic E-state index is 12.2. The van der Waals surface area contributed by atoms with Crippen molar-refractivity contribution in [3.05, 3.63) is 11.6 Å². The van der Waals surface area contributed by atoms with Crippen LogP contribution in [0.5, 0.6) is 0 Å². The van der Waals surface area contributed by atoms with Gasteiger partial charge in [0.1, 0.15) is 5.60 Å². The van der Waals surface area contributed by atoms with Crippen molar-refractivity contribution in [3.8, 4) is 0 Å². The molecule has 1 saturated heterocycles. The molecule has 3 unspecified atom stereocenters. The summed E-state index contributed by atoms with van der Waals surface area (Å²) in [5.41, 5.74) is 0.177. The van der Waals surface area contributed by atoms with Crippen molar-refractivity contribution < 1.29 is 24.2 Å². The maximum atomic E-state index is 12.2. The van der Waals surface area contributed by atoms with E-state index in [1.807, 2.05) is 6.08 Å². The molecule has 158 valence electrons. The third kappa shape index (κ3) is 2.00. The largest absolute Gasteiger partial charge is 0.469 e. The third-order valence-electron chi connectivity index (χ3n) is 10.4. The number of methoxy groups -OCH3 is 1. The number of hydrogen-bond donors (Lipinski definition) is 1. The second kappa shape index (κ2) is 5.34. The Balaban J connectivity index is 1.37. The van der Waals surface area contributed by atoms with E-state index < -0.39 is 5.60 Å². The number of carbonyl (C=O) groups is 2. The van der Waals surface area contributed by atoms with Gasteiger partial charge < -0.3 is 14.6 Å². The number of aliphatic hydroxyl groups is 1. The van der Waals surface area contributed by atoms with Crippen LogP contribution < -0.4 is 0 Å². The van der Waals surface area contributed by atoms with Gasteiger partial charge in [-0.25, -0.2) is 0 Å². The first-order chi connectivity index (χ1) is 13.7. The summed E-state index contributed by atoms with van der Waals surface area (Å²) in [6, 6.07) is 0. The first kappa shape index (κ1) is 18.6. The van der Waals surface area contributed by atoms with Crippen molar-refractivity contribution in [2.75, 3.05) is 7.11 Å². The fourth-order valence-electron chi connectivity index (χ4n) is 8.75. The van der Waals surface area contributed by atoms with Crippen LogP contribution in [0.1, 0.15) is 65.2 Å². The molecule has 5 nitrogen and oxygen atoms in total. The normalized spacial score (nSPS) is 56.2. The number of carbonyl (C=O) groups excluding carboxylic acids is 2. The van der Waals surface area contributed by atoms with E-state index >= 15 is 0 Å². The lowest BCUT2D eigenvalue weighted by atomic mass is 9.46. The smallest absolute Gasteiger partial charge is 0.305 e. The molecule has 5 fully saturated rings. The van der Waals surface area contributed by atoms with Gasteiger partial charge in [0.2, 0.25) is 0 Å². The summed E-state index contributed by atoms with van der Waals surface area (Å²) in [4.78, 5) is 24.0. The van der Waals surface area contributed by atoms with Crippen molar-refractivity contribution in [1.82, 2.24) is 0 Å². The van der Waals surface area contributed by atoms with Gasteiger partial charge >= 0.3 is 5.97 Å². The Morgan fingerprint density at radius 2 is 2.14 bits per heavy atom. The number of esters is 1. The highest BCUT2D eigenvalue weighted by Crippen LogP contribution is 2.82. The van der Waals surface area contributed by atoms with Gasteiger partial charge in [0, 0.05) is 23.7 Å². The average molecular weight is 401 g/mol. The molecule has 0 amide bonds. The van der Waals surface area contributed by atoms with Crippen LogP contribution in [0.25, 0.3) is 0 Å². The topological polar surface area (TPSA) is 76.1 Å². The average Bonchev–Trinajstić information content (AvgIpc) is 3.58. The number of ketones is 1. The predicted octanol–water partition coefficient (Wildman–Crippen LogP) is 3.19. The molecule has 0 bridgehead atoms. The number of epoxide rings is 1. The van der Waals surface area contributed by atoms with Crippen LogP contribution in [0.15, 0.2) is 11.6 Å². The molecule has 1 N–H and O–H groups in total. The molecule has 9 atom stereocenters. The first-order valence-electron chi connectivity index (χ1n) is 11.4. The van der Waals surface area contributed by atoms with Crippen molar-refractivity contribution in [2.45, 2.75) is 82.5 Å². The van der Waals surface area contributed by atoms with E-state index in [4.69, 9.17) is 9.47 Å². The summed E-state index contributed by atoms with van der Waals surface area (Å²) in [6.07, 6.45) is 8.22. The quantitative estimate of drug-likeness (QED) is 0.582. The third-order valence-corrected chi connectivity index (χ3v) is 10.4. The van der Waals surface area contributed by atoms with Crippen molar-refractivity contribution >= 4 is 11.8 Å². The number of rotatable bonds is 3. The standard InChI is InChI=1S/C24H32O5/c1-21-7-4-13(25)10-17(21)14-11-15(14)20-16-5-8-23(27,9-6-19(26)28-3)22(16,2)12-18-24(20,21)29-18/h10,14-16,18,20,27H,4-9,11-12H2,1-3H3/t14?,15?,16-,18+,20-,21-,22-,23+,24?/m0/s1. The minimum absolute atomic E-state index is 0.0258. The Kier molecular flexibility index (Phi) is 3.42. The highest BCUT2D eigenvalue weighted by molar-refractivity contribution is 5.92. The fraction of sp³-hybridized carbons (Fsp3) is 0.833. The fourth-order valence-corrected chi connectivity index (χ4v) is 8.75. The SMILES string of the molecule is COC(=O)CC[C@]1(O)CC[C@H]2[C@@H]3C4CC4C4=CC(=O)CC[C@]4(C)C34O[C@@H]4C[C@@]21C. The summed E-state index contributed by atoms with van der Waals surface area (Å²) >= 11 is 0. The van der Waals surface area contributed by atoms with Crippen molar-refractivity contribution in [3.63, 3.8) is 0 Å². The van der Waals surface area contributed by atoms with E-state index in [2.05, 4.69) is 13.8 Å². The van der Waals surface area contributed by atoms with Gasteiger partial charge in [-0.2, -0.15) is 0 Å². The molecular formula is C24H32O5. The Morgan fingerprint density at radius 3 is 2.90 bits per heavy atom. The predicted molar refractivity (Wildman–Crippen MR) is 105 cm³/mol. The number of ether oxygens (including phenoxy) is 2. The van der Waals surface area contributed by atoms with E-state index in [9.17, 15) is 14.7 Å². The molecule has 0 radical (unpaired) electrons. The van der Waals surface area contributed by atoms with Gasteiger partial charge in [-0.3, -0.25) is 9.59 Å². The molecule has 1 heterocycles. The molecule has 1 spiro atoms. The minimum Gasteiger partial charge on any atom is -0.469 e. The molecule has 0 aromatic heterocycles. The number of fused-ring (bicyclic) bond motifs is 6. The van der Waals surface area contributed by atoms with Gasteiger partial charge in [-0.1, -0.05) is 19.4 Å². The van der Waals surface area contributed by atoms with E-state index in [0.29, 0.717) is 36.5 Å². The molecule has 0 aromatic rings. The van der Waals surface area contributed by atoms with Gasteiger partial charge in [0.25, 0.3) is 0 Å². The lowest BCUT2D eigenvalue weighted by Crippen LogP contribution is -2.60. The molecule has 0 aromatic carbocycles. The van der Waals surface area contributed by atoms with E-state index in [1.54, 1.807) is 0 Å². The van der Waals surface area contributed by atoms with Gasteiger partial charge in [0.05, 0.1) is 18.8 Å². The van der Waals surface area contributed by atoms with Crippen LogP contribution in [0, 0.1) is 34.5 Å². The van der Waals surface area contributed by atoms with Crippen LogP contribution >= 0.6 is 0 Å². The zero-order chi connectivity index (χ0) is 20.4. The molecule has 5 heteroatoms. The zero-order valence-corrected chi connectivity index (χ0v) is 17.7. The monoisotopic (exact) mass is 400 g/mol. The lowest BCUT2D eigenvalue weighted by Gasteiger charge is -2.56. The maximum Gasteiger partial charge on any atom is 0.305 e. The summed E-state index contributed by atoms with van der Waals surface area (Å²) in [7, 11) is 1.41. The van der Waals surface area contributed by atoms with E-state index in [-0.39, 0.29) is 40.7 Å². The number of hydrogen-bond acceptors (Lipinski definition) is 5. The minimum atomic E-state index is -0.825. The molecular weight excluding hydrogens is 368 g/mol. The van der Waals surface area contributed by atoms with Gasteiger partial charge in [-0.15, -0.1) is 0 Å². The zero-order valence-electron chi connectivity index (χ0n) is 17.7. The highest BCUT2D eigenvalue weighted by Gasteiger charge is 2.84. The van der Waals surface area contributed by atoms with Crippen molar-refractivity contribution in [1.29, 1.82) is 0 Å². The Hall–Kier alpha value is -1.20. The van der Waals surface area contributed by atoms with Crippen molar-refractivity contribution in [2.24, 2.45) is 34.5 Å². The van der Waals surface area contributed by atoms with Crippen LogP contribution in [0.2, 0.25) is 0 Å². The van der Waals surface area contributed by atoms with E-state index in [1.165, 1.54) is 19.1 Å². The van der Waals surface area contributed by atoms with Crippen LogP contribution in [-0.4, -0.2) is 41.3 Å². The van der Waals surface area contributed by atoms with Gasteiger partial charge in [-0.05, 0) is 68.3 Å². The van der Waals surface area contributed by atoms with E-state index in [0.717, 1.165) is 25.7 Å². The molecule has 6 aliphatic rings. The summed E-state index contributed by atoms with van der Waals surface area (Å²) in [6.45, 7) is 4.61. The first-order valence-corrected chi connectivity index (χ1v) is 11.4. The molecule has 29 heavy (non-hydrogen) atoms. The summed E-state index contributed by atoms with van der Waals surface area (Å²) < 4.78 is 11.5. The lowest BCUT2D eigenvalue weighted by molar-refractivity contribution is -0.147. The molecule has 4 saturated carbocycles. The molecule has 6 rings (SSSR count). The van der Waals surface area contributed by atoms with Gasteiger partial charge in [0.15, 0.2) is 5.78 Å². The Bertz CT molecular complexity index is 848. The second-order valence-corrected chi connectivity index (χ2v) is 11.2. The highest BCUT2D eigenvalue weighted by atomic mass is 16.6. The van der Waals surface area contributed by atoms with Crippen LogP contribution in [0.4, 0.5) is 0 Å². The summed E-state index contributed by atoms with van der Waals surface area (Å²) in [5, 5.41) is 11.7. The molecule has 5 aliphatic carbocycles. The van der Waals surface area contributed by atoms with Crippen LogP contribution in [0.3, 0.4) is 0 Å². The Labute approximate surface area is 172 Å². The second-order valence-electron chi connectivity index (χ2n) is 11.2. The molecule has 1 aliphatic heterocycles. The van der Waals surface area contributed by atoms with Crippen LogP contribution in [-0.2, 0) is 19.1 Å².